The molecule has 0 heterocycles. The Morgan fingerprint density at radius 1 is 1.75 bits per heavy atom. The highest BCUT2D eigenvalue weighted by Gasteiger charge is 1.69. The minimum Gasteiger partial charge on any atom is -0.269 e. The average Bonchev–Trinajstić information content (AvgIpc) is 1.66. The molecule has 0 aromatic heterocycles. The Bertz CT molecular complexity index is 124. The first kappa shape index (κ1) is 7.88. The Labute approximate surface area is 63.3 Å². The summed E-state index contributed by atoms with van der Waals surface area (Å²) in [5, 5.41) is 0. The van der Waals surface area contributed by atoms with Crippen LogP contribution >= 0.6 is 22.6 Å². The van der Waals surface area contributed by atoms with E-state index in [0.717, 1.165) is 3.58 Å². The number of hydrogen-bond donors (Lipinski definition) is 0. The van der Waals surface area contributed by atoms with Gasteiger partial charge >= 0.3 is 0 Å². The number of nitrogens with zero attached hydrogens (tertiary/aromatic N) is 1. The van der Waals surface area contributed by atoms with Crippen molar-refractivity contribution in [3.05, 3.63) is 22.4 Å². The van der Waals surface area contributed by atoms with E-state index in [4.69, 9.17) is 0 Å². The second-order valence-electron chi connectivity index (χ2n) is 1.17. The van der Waals surface area contributed by atoms with E-state index in [0.29, 0.717) is 0 Å². The summed E-state index contributed by atoms with van der Waals surface area (Å²) >= 11 is 2.13. The lowest BCUT2D eigenvalue weighted by atomic mass is 10.6. The minimum absolute atomic E-state index is 0.994. The average molecular weight is 221 g/mol. The van der Waals surface area contributed by atoms with Gasteiger partial charge < -0.3 is 0 Å². The van der Waals surface area contributed by atoms with Crippen molar-refractivity contribution in [3.8, 4) is 0 Å². The number of rotatable bonds is 2. The molecule has 0 saturated carbocycles. The van der Waals surface area contributed by atoms with Gasteiger partial charge in [-0.2, -0.15) is 0 Å². The lowest BCUT2D eigenvalue weighted by Crippen LogP contribution is -1.55. The van der Waals surface area contributed by atoms with Crippen molar-refractivity contribution < 1.29 is 0 Å². The summed E-state index contributed by atoms with van der Waals surface area (Å²) in [5.41, 5.74) is 0. The molecule has 44 valence electrons. The van der Waals surface area contributed by atoms with Crippen LogP contribution in [0.3, 0.4) is 0 Å². The van der Waals surface area contributed by atoms with E-state index in [-0.39, 0.29) is 0 Å². The van der Waals surface area contributed by atoms with Crippen LogP contribution in [0.4, 0.5) is 0 Å². The highest BCUT2D eigenvalue weighted by atomic mass is 127. The topological polar surface area (TPSA) is 12.4 Å². The molecule has 0 aromatic carbocycles. The molecule has 0 radical (unpaired) electrons. The molecule has 1 nitrogen and oxygen atoms in total. The van der Waals surface area contributed by atoms with Crippen molar-refractivity contribution in [1.82, 2.24) is 0 Å². The smallest absolute Gasteiger partial charge is 0.0274 e. The van der Waals surface area contributed by atoms with E-state index < -0.39 is 0 Å². The van der Waals surface area contributed by atoms with Crippen LogP contribution in [-0.2, 0) is 0 Å². The van der Waals surface area contributed by atoms with Crippen LogP contribution in [0.5, 0.6) is 0 Å². The molecule has 0 rings (SSSR count). The van der Waals surface area contributed by atoms with Gasteiger partial charge in [-0.25, -0.2) is 0 Å². The second-order valence-corrected chi connectivity index (χ2v) is 2.56. The molecular weight excluding hydrogens is 213 g/mol. The van der Waals surface area contributed by atoms with Gasteiger partial charge in [-0.15, -0.1) is 0 Å². The number of hydrogen-bond acceptors (Lipinski definition) is 1. The molecule has 0 spiro atoms. The molecule has 0 aromatic rings. The summed E-state index contributed by atoms with van der Waals surface area (Å²) < 4.78 is 0.994. The maximum absolute atomic E-state index is 3.84. The predicted octanol–water partition coefficient (Wildman–Crippen LogP) is 2.54. The van der Waals surface area contributed by atoms with E-state index in [1.807, 2.05) is 13.0 Å². The van der Waals surface area contributed by atoms with E-state index in [2.05, 4.69) is 34.2 Å². The maximum Gasteiger partial charge on any atom is 0.0274 e. The van der Waals surface area contributed by atoms with E-state index >= 15 is 0 Å². The predicted molar refractivity (Wildman–Crippen MR) is 46.5 cm³/mol. The van der Waals surface area contributed by atoms with Crippen molar-refractivity contribution in [2.45, 2.75) is 6.92 Å². The molecule has 0 N–H and O–H groups in total. The SMILES string of the molecule is C=C(I)/C=C\N=CC. The van der Waals surface area contributed by atoms with Crippen molar-refractivity contribution in [2.75, 3.05) is 0 Å². The Morgan fingerprint density at radius 3 is 2.75 bits per heavy atom. The van der Waals surface area contributed by atoms with Gasteiger partial charge in [-0.3, -0.25) is 4.99 Å². The van der Waals surface area contributed by atoms with Crippen LogP contribution in [0.25, 0.3) is 0 Å². The molecule has 0 atom stereocenters. The van der Waals surface area contributed by atoms with Crippen LogP contribution in [0.1, 0.15) is 6.92 Å². The van der Waals surface area contributed by atoms with Crippen LogP contribution in [0.2, 0.25) is 0 Å². The number of halogens is 1. The lowest BCUT2D eigenvalue weighted by Gasteiger charge is -1.76. The molecule has 0 aliphatic carbocycles. The molecule has 0 fully saturated rings. The fourth-order valence-corrected chi connectivity index (χ4v) is 0.371. The quantitative estimate of drug-likeness (QED) is 0.386. The monoisotopic (exact) mass is 221 g/mol. The third-order valence-electron chi connectivity index (χ3n) is 0.491. The standard InChI is InChI=1S/C6H8IN/c1-3-8-5-4-6(2)7/h3-5H,2H2,1H3/b5-4-,8-3?. The zero-order valence-corrected chi connectivity index (χ0v) is 6.92. The molecular formula is C6H8IN. The van der Waals surface area contributed by atoms with Crippen LogP contribution < -0.4 is 0 Å². The maximum atomic E-state index is 3.84. The normalized spacial score (nSPS) is 11.2. The number of aliphatic imine (C=N–C) groups is 1. The van der Waals surface area contributed by atoms with E-state index in [1.165, 1.54) is 0 Å². The highest BCUT2D eigenvalue weighted by molar-refractivity contribution is 14.1. The Kier molecular flexibility index (Phi) is 4.95. The zero-order valence-electron chi connectivity index (χ0n) is 4.76. The van der Waals surface area contributed by atoms with Gasteiger partial charge in [0.2, 0.25) is 0 Å². The van der Waals surface area contributed by atoms with Gasteiger partial charge in [-0.05, 0) is 35.6 Å². The molecule has 0 amide bonds. The van der Waals surface area contributed by atoms with Crippen molar-refractivity contribution in [3.63, 3.8) is 0 Å². The summed E-state index contributed by atoms with van der Waals surface area (Å²) in [5.74, 6) is 0. The fourth-order valence-electron chi connectivity index (χ4n) is 0.210. The summed E-state index contributed by atoms with van der Waals surface area (Å²) in [7, 11) is 0. The Balaban J connectivity index is 3.50. The minimum atomic E-state index is 0.994. The third kappa shape index (κ3) is 5.88. The highest BCUT2D eigenvalue weighted by Crippen LogP contribution is 2.01. The molecule has 0 unspecified atom stereocenters. The Morgan fingerprint density at radius 2 is 2.38 bits per heavy atom. The van der Waals surface area contributed by atoms with Gasteiger partial charge in [0, 0.05) is 16.0 Å². The van der Waals surface area contributed by atoms with Gasteiger partial charge in [0.05, 0.1) is 0 Å². The molecule has 0 bridgehead atoms. The summed E-state index contributed by atoms with van der Waals surface area (Å²) in [6, 6.07) is 0. The van der Waals surface area contributed by atoms with Crippen LogP contribution in [0, 0.1) is 0 Å². The first-order valence-electron chi connectivity index (χ1n) is 2.26. The van der Waals surface area contributed by atoms with Crippen LogP contribution in [0.15, 0.2) is 27.4 Å². The fraction of sp³-hybridized carbons (Fsp3) is 0.167. The van der Waals surface area contributed by atoms with Crippen LogP contribution in [-0.4, -0.2) is 6.21 Å². The largest absolute Gasteiger partial charge is 0.269 e. The molecule has 8 heavy (non-hydrogen) atoms. The summed E-state index contributed by atoms with van der Waals surface area (Å²) in [6.07, 6.45) is 5.30. The first-order valence-corrected chi connectivity index (χ1v) is 3.34. The molecule has 0 aliphatic rings. The lowest BCUT2D eigenvalue weighted by molar-refractivity contribution is 1.57. The molecule has 0 aliphatic heterocycles. The van der Waals surface area contributed by atoms with Crippen molar-refractivity contribution >= 4 is 28.8 Å². The summed E-state index contributed by atoms with van der Waals surface area (Å²) in [6.45, 7) is 5.53. The van der Waals surface area contributed by atoms with Gasteiger partial charge in [-0.1, -0.05) is 6.58 Å². The molecule has 2 heteroatoms. The van der Waals surface area contributed by atoms with Gasteiger partial charge in [0.1, 0.15) is 0 Å². The zero-order chi connectivity index (χ0) is 6.41. The van der Waals surface area contributed by atoms with Gasteiger partial charge in [0.25, 0.3) is 0 Å². The van der Waals surface area contributed by atoms with E-state index in [1.54, 1.807) is 12.4 Å². The van der Waals surface area contributed by atoms with Crippen molar-refractivity contribution in [2.24, 2.45) is 4.99 Å². The van der Waals surface area contributed by atoms with Gasteiger partial charge in [0.15, 0.2) is 0 Å². The molecule has 0 saturated heterocycles. The van der Waals surface area contributed by atoms with Crippen molar-refractivity contribution in [1.29, 1.82) is 0 Å². The first-order chi connectivity index (χ1) is 3.77. The number of allylic oxidation sites excluding steroid dienone is 2. The Hall–Kier alpha value is -0.120. The van der Waals surface area contributed by atoms with E-state index in [9.17, 15) is 0 Å². The summed E-state index contributed by atoms with van der Waals surface area (Å²) in [4.78, 5) is 3.84. The third-order valence-corrected chi connectivity index (χ3v) is 0.850. The second kappa shape index (κ2) is 5.03.